The second-order valence-electron chi connectivity index (χ2n) is 10.4. The highest BCUT2D eigenvalue weighted by Gasteiger charge is 2.33. The molecule has 3 heterocycles. The van der Waals surface area contributed by atoms with Gasteiger partial charge in [-0.25, -0.2) is 4.39 Å². The second-order valence-corrected chi connectivity index (χ2v) is 10.4. The first-order chi connectivity index (χ1) is 18.6. The fourth-order valence-electron chi connectivity index (χ4n) is 5.52. The standard InChI is InChI=1S/C28H36F4N4O3/c1-18-22(4-3-5-24(18)28(30,31)32)19(2)33-27(38)23-17-36(21-8-14-39-15-9-21)26(37)16-25(23)34-20-6-11-35(12-7-20)13-10-29/h3-5,16-17,19-21,34H,6-15H2,1-2H3,(H,33,38)/t19-/m1/s1. The number of aromatic nitrogens is 1. The lowest BCUT2D eigenvalue weighted by molar-refractivity contribution is -0.138. The van der Waals surface area contributed by atoms with E-state index in [1.165, 1.54) is 19.1 Å². The molecule has 7 nitrogen and oxygen atoms in total. The number of benzene rings is 1. The van der Waals surface area contributed by atoms with Crippen LogP contribution in [0.1, 0.15) is 71.7 Å². The Morgan fingerprint density at radius 1 is 1.15 bits per heavy atom. The Balaban J connectivity index is 1.61. The number of carbonyl (C=O) groups excluding carboxylic acids is 1. The van der Waals surface area contributed by atoms with E-state index in [1.54, 1.807) is 23.8 Å². The minimum Gasteiger partial charge on any atom is -0.381 e. The monoisotopic (exact) mass is 552 g/mol. The number of alkyl halides is 4. The summed E-state index contributed by atoms with van der Waals surface area (Å²) in [6.07, 6.45) is -0.213. The number of pyridine rings is 1. The molecule has 11 heteroatoms. The van der Waals surface area contributed by atoms with E-state index >= 15 is 0 Å². The van der Waals surface area contributed by atoms with Crippen LogP contribution in [-0.4, -0.2) is 60.9 Å². The van der Waals surface area contributed by atoms with E-state index in [1.807, 2.05) is 4.90 Å². The molecule has 2 saturated heterocycles. The number of hydrogen-bond acceptors (Lipinski definition) is 5. The zero-order valence-corrected chi connectivity index (χ0v) is 22.3. The second kappa shape index (κ2) is 12.5. The van der Waals surface area contributed by atoms with Crippen molar-refractivity contribution < 1.29 is 27.1 Å². The van der Waals surface area contributed by atoms with Crippen LogP contribution in [0.5, 0.6) is 0 Å². The summed E-state index contributed by atoms with van der Waals surface area (Å²) in [5.74, 6) is -0.488. The summed E-state index contributed by atoms with van der Waals surface area (Å²) >= 11 is 0. The van der Waals surface area contributed by atoms with E-state index in [0.717, 1.165) is 18.9 Å². The number of amides is 1. The van der Waals surface area contributed by atoms with Crippen LogP contribution in [0, 0.1) is 6.92 Å². The van der Waals surface area contributed by atoms with Gasteiger partial charge in [0, 0.05) is 57.2 Å². The maximum absolute atomic E-state index is 13.6. The Hall–Kier alpha value is -2.92. The first-order valence-electron chi connectivity index (χ1n) is 13.4. The number of rotatable bonds is 8. The third kappa shape index (κ3) is 7.00. The van der Waals surface area contributed by atoms with Gasteiger partial charge in [0.05, 0.1) is 22.9 Å². The number of halogens is 4. The lowest BCUT2D eigenvalue weighted by Gasteiger charge is -2.33. The Labute approximate surface area is 225 Å². The molecule has 1 amide bonds. The maximum atomic E-state index is 13.6. The van der Waals surface area contributed by atoms with Crippen molar-refractivity contribution in [1.82, 2.24) is 14.8 Å². The van der Waals surface area contributed by atoms with E-state index < -0.39 is 30.4 Å². The van der Waals surface area contributed by atoms with Crippen molar-refractivity contribution in [2.75, 3.05) is 44.8 Å². The number of carbonyl (C=O) groups is 1. The van der Waals surface area contributed by atoms with Crippen LogP contribution in [0.4, 0.5) is 23.2 Å². The Kier molecular flexibility index (Phi) is 9.32. The third-order valence-corrected chi connectivity index (χ3v) is 7.75. The number of likely N-dealkylation sites (tertiary alicyclic amines) is 1. The molecular weight excluding hydrogens is 516 g/mol. The van der Waals surface area contributed by atoms with Gasteiger partial charge in [-0.3, -0.25) is 9.59 Å². The summed E-state index contributed by atoms with van der Waals surface area (Å²) in [5, 5.41) is 6.20. The molecule has 0 spiro atoms. The normalized spacial score (nSPS) is 18.6. The van der Waals surface area contributed by atoms with Crippen LogP contribution in [0.25, 0.3) is 0 Å². The number of nitrogens with zero attached hydrogens (tertiary/aromatic N) is 2. The fraction of sp³-hybridized carbons (Fsp3) is 0.571. The van der Waals surface area contributed by atoms with Gasteiger partial charge in [0.1, 0.15) is 6.67 Å². The Morgan fingerprint density at radius 2 is 1.85 bits per heavy atom. The smallest absolute Gasteiger partial charge is 0.381 e. The van der Waals surface area contributed by atoms with Crippen molar-refractivity contribution in [3.63, 3.8) is 0 Å². The van der Waals surface area contributed by atoms with Gasteiger partial charge in [-0.1, -0.05) is 12.1 Å². The Bertz CT molecular complexity index is 1200. The molecule has 0 aliphatic carbocycles. The summed E-state index contributed by atoms with van der Waals surface area (Å²) in [7, 11) is 0. The lowest BCUT2D eigenvalue weighted by atomic mass is 9.97. The number of nitrogens with one attached hydrogen (secondary N) is 2. The van der Waals surface area contributed by atoms with Crippen LogP contribution >= 0.6 is 0 Å². The summed E-state index contributed by atoms with van der Waals surface area (Å²) in [6, 6.07) is 4.54. The van der Waals surface area contributed by atoms with Gasteiger partial charge in [0.25, 0.3) is 11.5 Å². The summed E-state index contributed by atoms with van der Waals surface area (Å²) in [4.78, 5) is 28.7. The molecule has 214 valence electrons. The molecule has 2 fully saturated rings. The molecule has 0 bridgehead atoms. The number of ether oxygens (including phenoxy) is 1. The molecule has 0 radical (unpaired) electrons. The van der Waals surface area contributed by atoms with Gasteiger partial charge in [-0.15, -0.1) is 0 Å². The summed E-state index contributed by atoms with van der Waals surface area (Å²) in [5.41, 5.74) is 0.0868. The quantitative estimate of drug-likeness (QED) is 0.458. The van der Waals surface area contributed by atoms with Crippen LogP contribution in [-0.2, 0) is 10.9 Å². The van der Waals surface area contributed by atoms with Crippen molar-refractivity contribution >= 4 is 11.6 Å². The van der Waals surface area contributed by atoms with E-state index in [2.05, 4.69) is 10.6 Å². The van der Waals surface area contributed by atoms with E-state index in [9.17, 15) is 27.2 Å². The molecule has 2 aromatic rings. The highest BCUT2D eigenvalue weighted by molar-refractivity contribution is 5.99. The van der Waals surface area contributed by atoms with Crippen molar-refractivity contribution in [2.45, 2.75) is 63.8 Å². The molecule has 2 N–H and O–H groups in total. The van der Waals surface area contributed by atoms with Crippen molar-refractivity contribution in [3.8, 4) is 0 Å². The minimum atomic E-state index is -4.50. The maximum Gasteiger partial charge on any atom is 0.416 e. The number of piperidine rings is 1. The van der Waals surface area contributed by atoms with Gasteiger partial charge in [-0.2, -0.15) is 13.2 Å². The summed E-state index contributed by atoms with van der Waals surface area (Å²) < 4.78 is 60.1. The Morgan fingerprint density at radius 3 is 2.49 bits per heavy atom. The molecule has 2 aliphatic heterocycles. The van der Waals surface area contributed by atoms with Crippen molar-refractivity contribution in [1.29, 1.82) is 0 Å². The SMILES string of the molecule is Cc1c([C@@H](C)NC(=O)c2cn(C3CCOCC3)c(=O)cc2NC2CCN(CCF)CC2)cccc1C(F)(F)F. The predicted molar refractivity (Wildman–Crippen MR) is 141 cm³/mol. The van der Waals surface area contributed by atoms with E-state index in [-0.39, 0.29) is 28.8 Å². The molecule has 4 rings (SSSR count). The largest absolute Gasteiger partial charge is 0.416 e. The highest BCUT2D eigenvalue weighted by atomic mass is 19.4. The van der Waals surface area contributed by atoms with Crippen molar-refractivity contribution in [2.24, 2.45) is 0 Å². The molecular formula is C28H36F4N4O3. The van der Waals surface area contributed by atoms with Crippen LogP contribution in [0.15, 0.2) is 35.3 Å². The average molecular weight is 553 g/mol. The van der Waals surface area contributed by atoms with Gasteiger partial charge in [0.2, 0.25) is 0 Å². The van der Waals surface area contributed by atoms with E-state index in [4.69, 9.17) is 4.74 Å². The fourth-order valence-corrected chi connectivity index (χ4v) is 5.52. The van der Waals surface area contributed by atoms with Crippen LogP contribution in [0.2, 0.25) is 0 Å². The van der Waals surface area contributed by atoms with E-state index in [0.29, 0.717) is 56.9 Å². The molecule has 2 aliphatic rings. The molecule has 1 aromatic carbocycles. The first kappa shape index (κ1) is 29.1. The molecule has 1 aromatic heterocycles. The lowest BCUT2D eigenvalue weighted by Crippen LogP contribution is -2.41. The molecule has 39 heavy (non-hydrogen) atoms. The van der Waals surface area contributed by atoms with Crippen molar-refractivity contribution in [3.05, 3.63) is 63.1 Å². The zero-order valence-electron chi connectivity index (χ0n) is 22.3. The van der Waals surface area contributed by atoms with Crippen LogP contribution in [0.3, 0.4) is 0 Å². The number of anilines is 1. The molecule has 0 unspecified atom stereocenters. The van der Waals surface area contributed by atoms with Gasteiger partial charge >= 0.3 is 6.18 Å². The zero-order chi connectivity index (χ0) is 28.2. The molecule has 1 atom stereocenters. The number of hydrogen-bond donors (Lipinski definition) is 2. The molecule has 0 saturated carbocycles. The first-order valence-corrected chi connectivity index (χ1v) is 13.4. The average Bonchev–Trinajstić information content (AvgIpc) is 2.90. The third-order valence-electron chi connectivity index (χ3n) is 7.75. The van der Waals surface area contributed by atoms with Gasteiger partial charge < -0.3 is 24.8 Å². The van der Waals surface area contributed by atoms with Crippen LogP contribution < -0.4 is 16.2 Å². The highest BCUT2D eigenvalue weighted by Crippen LogP contribution is 2.34. The van der Waals surface area contributed by atoms with Gasteiger partial charge in [-0.05, 0) is 56.7 Å². The predicted octanol–water partition coefficient (Wildman–Crippen LogP) is 4.86. The van der Waals surface area contributed by atoms with Gasteiger partial charge in [0.15, 0.2) is 0 Å². The minimum absolute atomic E-state index is 0.00567. The summed E-state index contributed by atoms with van der Waals surface area (Å²) in [6.45, 7) is 5.45. The topological polar surface area (TPSA) is 75.6 Å².